The highest BCUT2D eigenvalue weighted by atomic mass is 32.9. The summed E-state index contributed by atoms with van der Waals surface area (Å²) in [6.07, 6.45) is 0.214. The zero-order chi connectivity index (χ0) is 25.9. The first-order chi connectivity index (χ1) is 17.8. The molecule has 0 fully saturated rings. The van der Waals surface area contributed by atoms with Crippen LogP contribution in [0.15, 0.2) is 78.9 Å². The quantitative estimate of drug-likeness (QED) is 0.164. The van der Waals surface area contributed by atoms with Gasteiger partial charge in [-0.25, -0.2) is 0 Å². The average molecular weight is 543 g/mol. The number of imide groups is 1. The summed E-state index contributed by atoms with van der Waals surface area (Å²) < 4.78 is 0.800. The summed E-state index contributed by atoms with van der Waals surface area (Å²) in [6, 6.07) is 23.0. The lowest BCUT2D eigenvalue weighted by molar-refractivity contribution is -0.123. The predicted molar refractivity (Wildman–Crippen MR) is 150 cm³/mol. The van der Waals surface area contributed by atoms with Crippen LogP contribution in [0, 0.1) is 3.82 Å². The van der Waals surface area contributed by atoms with Gasteiger partial charge in [0, 0.05) is 17.5 Å². The predicted octanol–water partition coefficient (Wildman–Crippen LogP) is 6.70. The van der Waals surface area contributed by atoms with E-state index < -0.39 is 23.4 Å². The number of hydrogen-bond donors (Lipinski definition) is 0. The van der Waals surface area contributed by atoms with Crippen molar-refractivity contribution in [3.63, 3.8) is 0 Å². The number of fused-ring (bicyclic) bond motifs is 4. The van der Waals surface area contributed by atoms with Crippen molar-refractivity contribution in [1.82, 2.24) is 4.90 Å². The molecule has 2 aliphatic rings. The topological polar surface area (TPSA) is 57.7 Å². The lowest BCUT2D eigenvalue weighted by Crippen LogP contribution is -2.57. The van der Waals surface area contributed by atoms with Gasteiger partial charge in [0.2, 0.25) is 0 Å². The van der Waals surface area contributed by atoms with E-state index in [1.165, 1.54) is 10.3 Å². The molecule has 0 saturated carbocycles. The summed E-state index contributed by atoms with van der Waals surface area (Å²) in [6.45, 7) is 4.00. The summed E-state index contributed by atoms with van der Waals surface area (Å²) in [5.74, 6) is -1.18. The van der Waals surface area contributed by atoms with Crippen LogP contribution in [0.3, 0.4) is 0 Å². The Labute approximate surface area is 227 Å². The van der Waals surface area contributed by atoms with Gasteiger partial charge in [-0.15, -0.1) is 0 Å². The monoisotopic (exact) mass is 542 g/mol. The number of carbonyl (C=O) groups is 3. The molecule has 37 heavy (non-hydrogen) atoms. The molecular weight excluding hydrogens is 521 g/mol. The first-order valence-electron chi connectivity index (χ1n) is 11.9. The molecule has 3 amide bonds. The van der Waals surface area contributed by atoms with Gasteiger partial charge in [0.25, 0.3) is 17.7 Å². The summed E-state index contributed by atoms with van der Waals surface area (Å²) in [4.78, 5) is 45.7. The van der Waals surface area contributed by atoms with Gasteiger partial charge in [0.05, 0.1) is 27.2 Å². The maximum atomic E-state index is 14.7. The number of amides is 3. The first-order valence-corrected chi connectivity index (χ1v) is 14.4. The van der Waals surface area contributed by atoms with E-state index in [-0.39, 0.29) is 12.3 Å². The molecule has 6 rings (SSSR count). The molecule has 0 saturated heterocycles. The van der Waals surface area contributed by atoms with Gasteiger partial charge in [-0.2, -0.15) is 0 Å². The molecule has 2 aliphatic heterocycles. The van der Waals surface area contributed by atoms with Crippen molar-refractivity contribution in [3.05, 3.63) is 104 Å². The fourth-order valence-electron chi connectivity index (χ4n) is 5.34. The van der Waals surface area contributed by atoms with E-state index in [1.807, 2.05) is 68.4 Å². The van der Waals surface area contributed by atoms with E-state index >= 15 is 0 Å². The highest BCUT2D eigenvalue weighted by molar-refractivity contribution is 7.80. The Morgan fingerprint density at radius 2 is 1.41 bits per heavy atom. The summed E-state index contributed by atoms with van der Waals surface area (Å²) in [5, 5.41) is 0. The van der Waals surface area contributed by atoms with Gasteiger partial charge >= 0.3 is 0 Å². The second kappa shape index (κ2) is 8.83. The number of para-hydroxylation sites is 1. The van der Waals surface area contributed by atoms with Crippen LogP contribution in [0.5, 0.6) is 0 Å². The molecule has 3 heterocycles. The van der Waals surface area contributed by atoms with Crippen LogP contribution in [0.25, 0.3) is 11.1 Å². The Hall–Kier alpha value is -3.46. The van der Waals surface area contributed by atoms with Crippen LogP contribution in [-0.2, 0) is 16.8 Å². The van der Waals surface area contributed by atoms with E-state index in [1.54, 1.807) is 39.5 Å². The Bertz CT molecular complexity index is 1600. The average Bonchev–Trinajstić information content (AvgIpc) is 3.41. The van der Waals surface area contributed by atoms with Crippen molar-refractivity contribution >= 4 is 56.3 Å². The summed E-state index contributed by atoms with van der Waals surface area (Å²) in [7, 11) is 3.11. The van der Waals surface area contributed by atoms with Gasteiger partial charge in [-0.05, 0) is 37.6 Å². The Kier molecular flexibility index (Phi) is 5.71. The number of benzene rings is 3. The molecule has 5 nitrogen and oxygen atoms in total. The van der Waals surface area contributed by atoms with E-state index in [9.17, 15) is 14.4 Å². The van der Waals surface area contributed by atoms with Gasteiger partial charge in [0.1, 0.15) is 9.87 Å². The van der Waals surface area contributed by atoms with Crippen LogP contribution in [0.2, 0.25) is 0 Å². The SMILES string of the molecule is CC1(C)c2ssc(=S)c2-c2ccccc2N1C(=O)[C@@H](Cc1ccccc1)N1C(=O)c2ccccc2C1=O. The first kappa shape index (κ1) is 23.9. The molecule has 0 bridgehead atoms. The molecule has 4 aromatic rings. The smallest absolute Gasteiger partial charge is 0.262 e. The minimum atomic E-state index is -1.02. The maximum Gasteiger partial charge on any atom is 0.262 e. The molecule has 0 spiro atoms. The van der Waals surface area contributed by atoms with E-state index in [0.717, 1.165) is 36.0 Å². The number of nitrogens with zero attached hydrogens (tertiary/aromatic N) is 2. The maximum absolute atomic E-state index is 14.7. The third-order valence-corrected chi connectivity index (χ3v) is 10.4. The highest BCUT2D eigenvalue weighted by Gasteiger charge is 2.49. The molecule has 184 valence electrons. The van der Waals surface area contributed by atoms with Crippen molar-refractivity contribution in [1.29, 1.82) is 0 Å². The lowest BCUT2D eigenvalue weighted by atomic mass is 9.86. The Balaban J connectivity index is 1.51. The van der Waals surface area contributed by atoms with Crippen molar-refractivity contribution < 1.29 is 14.4 Å². The molecule has 0 unspecified atom stereocenters. The van der Waals surface area contributed by atoms with Crippen LogP contribution in [-0.4, -0.2) is 28.7 Å². The van der Waals surface area contributed by atoms with Crippen LogP contribution in [0.4, 0.5) is 5.69 Å². The molecular formula is C29H22N2O3S3. The normalized spacial score (nSPS) is 16.3. The largest absolute Gasteiger partial charge is 0.299 e. The minimum absolute atomic E-state index is 0.214. The molecule has 8 heteroatoms. The third-order valence-electron chi connectivity index (χ3n) is 7.08. The Morgan fingerprint density at radius 1 is 0.838 bits per heavy atom. The number of carbonyl (C=O) groups excluding carboxylic acids is 3. The van der Waals surface area contributed by atoms with E-state index in [4.69, 9.17) is 12.2 Å². The highest BCUT2D eigenvalue weighted by Crippen LogP contribution is 2.52. The van der Waals surface area contributed by atoms with Crippen LogP contribution in [0.1, 0.15) is 45.0 Å². The number of rotatable bonds is 4. The molecule has 1 atom stereocenters. The molecule has 0 N–H and O–H groups in total. The van der Waals surface area contributed by atoms with Crippen LogP contribution >= 0.6 is 32.9 Å². The fourth-order valence-corrected chi connectivity index (χ4v) is 8.62. The second-order valence-electron chi connectivity index (χ2n) is 9.64. The molecule has 0 aliphatic carbocycles. The van der Waals surface area contributed by atoms with E-state index in [0.29, 0.717) is 11.1 Å². The van der Waals surface area contributed by atoms with Gasteiger partial charge in [-0.1, -0.05) is 93.6 Å². The van der Waals surface area contributed by atoms with Crippen molar-refractivity contribution in [2.45, 2.75) is 31.8 Å². The number of anilines is 1. The zero-order valence-electron chi connectivity index (χ0n) is 20.1. The molecule has 1 aromatic heterocycles. The summed E-state index contributed by atoms with van der Waals surface area (Å²) >= 11 is 5.68. The fraction of sp³-hybridized carbons (Fsp3) is 0.172. The van der Waals surface area contributed by atoms with Crippen molar-refractivity contribution in [2.24, 2.45) is 0 Å². The van der Waals surface area contributed by atoms with Gasteiger partial charge < -0.3 is 0 Å². The minimum Gasteiger partial charge on any atom is -0.299 e. The van der Waals surface area contributed by atoms with Crippen molar-refractivity contribution in [3.8, 4) is 11.1 Å². The zero-order valence-corrected chi connectivity index (χ0v) is 22.6. The third kappa shape index (κ3) is 3.62. The number of hydrogen-bond acceptors (Lipinski definition) is 6. The van der Waals surface area contributed by atoms with Gasteiger partial charge in [0.15, 0.2) is 0 Å². The van der Waals surface area contributed by atoms with Gasteiger partial charge in [-0.3, -0.25) is 24.2 Å². The van der Waals surface area contributed by atoms with E-state index in [2.05, 4.69) is 0 Å². The second-order valence-corrected chi connectivity index (χ2v) is 12.5. The standard InChI is InChI=1S/C29H22N2O3S3/c1-29(2)24-23(28(35)37-36-24)20-14-8-9-15-21(20)31(29)27(34)22(16-17-10-4-3-5-11-17)30-25(32)18-12-6-7-13-19(18)26(30)33/h3-15,22H,16H2,1-2H3/t22-/m1/s1. The molecule has 3 aromatic carbocycles. The summed E-state index contributed by atoms with van der Waals surface area (Å²) in [5.41, 5.74) is 3.42. The Morgan fingerprint density at radius 3 is 2.05 bits per heavy atom. The van der Waals surface area contributed by atoms with Crippen molar-refractivity contribution in [2.75, 3.05) is 4.90 Å². The molecule has 0 radical (unpaired) electrons. The van der Waals surface area contributed by atoms with Crippen LogP contribution < -0.4 is 4.90 Å². The lowest BCUT2D eigenvalue weighted by Gasteiger charge is -2.45.